The Kier molecular flexibility index (Phi) is 18.2. The summed E-state index contributed by atoms with van der Waals surface area (Å²) in [6, 6.07) is 0. The van der Waals surface area contributed by atoms with Gasteiger partial charge in [-0.15, -0.1) is 0 Å². The Morgan fingerprint density at radius 1 is 0.738 bits per heavy atom. The van der Waals surface area contributed by atoms with Gasteiger partial charge in [0, 0.05) is 37.1 Å². The van der Waals surface area contributed by atoms with Crippen molar-refractivity contribution in [3.63, 3.8) is 0 Å². The first-order valence-corrected chi connectivity index (χ1v) is 36.8. The molecule has 42 heavy (non-hydrogen) atoms. The first-order valence-electron chi connectivity index (χ1n) is 12.8. The van der Waals surface area contributed by atoms with Crippen LogP contribution in [0.1, 0.15) is 75.8 Å². The van der Waals surface area contributed by atoms with E-state index in [2.05, 4.69) is 152 Å². The van der Waals surface area contributed by atoms with Crippen molar-refractivity contribution in [2.45, 2.75) is 79.0 Å². The molecule has 0 bridgehead atoms. The van der Waals surface area contributed by atoms with E-state index < -0.39 is 10.0 Å². The fourth-order valence-corrected chi connectivity index (χ4v) is 6.67. The number of amides is 1. The van der Waals surface area contributed by atoms with Gasteiger partial charge in [0.2, 0.25) is 15.9 Å². The molecule has 235 valence electrons. The molecule has 0 aromatic heterocycles. The van der Waals surface area contributed by atoms with Gasteiger partial charge in [0.1, 0.15) is 0 Å². The molecule has 2 heterocycles. The molecule has 0 saturated heterocycles. The van der Waals surface area contributed by atoms with Gasteiger partial charge >= 0.3 is 114 Å². The summed E-state index contributed by atoms with van der Waals surface area (Å²) in [6.45, 7) is 22.2. The number of hydrogen-bond acceptors (Lipinski definition) is 4. The number of hydrogen-bond donors (Lipinski definition) is 2. The molecule has 0 aliphatic carbocycles. The summed E-state index contributed by atoms with van der Waals surface area (Å²) in [5.74, 6) is 0.250. The first-order chi connectivity index (χ1) is 19.2. The van der Waals surface area contributed by atoms with Crippen LogP contribution in [0, 0.1) is 48.5 Å². The molecule has 2 N–H and O–H groups in total. The van der Waals surface area contributed by atoms with Gasteiger partial charge in [0.15, 0.2) is 0 Å². The second-order valence-corrected chi connectivity index (χ2v) is 59.7. The van der Waals surface area contributed by atoms with E-state index in [0.717, 1.165) is 39.3 Å². The summed E-state index contributed by atoms with van der Waals surface area (Å²) in [5, 5.41) is 6.29. The molecule has 0 fully saturated rings. The van der Waals surface area contributed by atoms with Gasteiger partial charge in [-0.25, -0.2) is 12.7 Å². The molecule has 2 aliphatic rings. The number of halogens is 5. The number of carbonyl (C=O) groups excluding carboxylic acids is 1. The second kappa shape index (κ2) is 18.1. The summed E-state index contributed by atoms with van der Waals surface area (Å²) in [5.41, 5.74) is 12.9. The van der Waals surface area contributed by atoms with Crippen LogP contribution >= 0.6 is 99.9 Å². The number of rotatable bonds is 2. The summed E-state index contributed by atoms with van der Waals surface area (Å²) in [7, 11) is 0.314. The zero-order valence-electron chi connectivity index (χ0n) is 25.7. The zero-order valence-corrected chi connectivity index (χ0v) is 40.1. The fraction of sp³-hybridized carbons (Fsp3) is 0.464. The van der Waals surface area contributed by atoms with Crippen LogP contribution in [0.2, 0.25) is 0 Å². The Morgan fingerprint density at radius 2 is 1.12 bits per heavy atom. The SMILES string of the molecule is C=C1Nc2c(C)c(C)c(S(=O)(=O)N(C)C)c(C)c2C1C.Cc1c(C)c(C)c2c(c1C)NC(=O)C2C.[I][V]([I])[I].[I][V][I]. The Morgan fingerprint density at radius 3 is 1.57 bits per heavy atom. The monoisotopic (exact) mass is 1230 g/mol. The Hall–Kier alpha value is 2.18. The molecule has 0 saturated carbocycles. The van der Waals surface area contributed by atoms with Crippen LogP contribution in [-0.4, -0.2) is 32.7 Å². The third-order valence-electron chi connectivity index (χ3n) is 8.08. The van der Waals surface area contributed by atoms with Crippen molar-refractivity contribution in [1.82, 2.24) is 4.31 Å². The number of carbonyl (C=O) groups is 1. The van der Waals surface area contributed by atoms with Crippen LogP contribution in [0.3, 0.4) is 0 Å². The van der Waals surface area contributed by atoms with E-state index in [9.17, 15) is 13.2 Å². The van der Waals surface area contributed by atoms with Crippen molar-refractivity contribution in [1.29, 1.82) is 0 Å². The van der Waals surface area contributed by atoms with Crippen LogP contribution in [-0.2, 0) is 29.2 Å². The van der Waals surface area contributed by atoms with Gasteiger partial charge in [0.25, 0.3) is 0 Å². The van der Waals surface area contributed by atoms with E-state index in [-0.39, 0.29) is 22.7 Å². The van der Waals surface area contributed by atoms with Gasteiger partial charge in [-0.2, -0.15) is 0 Å². The summed E-state index contributed by atoms with van der Waals surface area (Å²) < 4.78 is 26.5. The molecule has 2 atom stereocenters. The predicted molar refractivity (Wildman–Crippen MR) is 215 cm³/mol. The molecule has 0 spiro atoms. The van der Waals surface area contributed by atoms with Crippen LogP contribution in [0.5, 0.6) is 0 Å². The number of sulfonamides is 1. The minimum atomic E-state index is -3.45. The molecule has 6 nitrogen and oxygen atoms in total. The van der Waals surface area contributed by atoms with Crippen LogP contribution in [0.15, 0.2) is 17.2 Å². The van der Waals surface area contributed by atoms with Crippen molar-refractivity contribution in [3.05, 3.63) is 62.3 Å². The normalized spacial score (nSPS) is 16.7. The molecule has 2 aliphatic heterocycles. The molecule has 2 aromatic rings. The molecule has 1 amide bonds. The van der Waals surface area contributed by atoms with Gasteiger partial charge in [-0.3, -0.25) is 4.79 Å². The maximum absolute atomic E-state index is 12.6. The molecular formula is C28H39I5N3O3SV2. The molecular weight excluding hydrogens is 1190 g/mol. The number of fused-ring (bicyclic) bond motifs is 2. The van der Waals surface area contributed by atoms with Crippen LogP contribution < -0.4 is 10.6 Å². The van der Waals surface area contributed by atoms with Crippen LogP contribution in [0.4, 0.5) is 11.4 Å². The van der Waals surface area contributed by atoms with E-state index in [1.807, 2.05) is 27.7 Å². The summed E-state index contributed by atoms with van der Waals surface area (Å²) in [6.07, 6.45) is 0. The standard InChI is InChI=1S/C15H22N2O2S.C13H17NO.5HI.2V/c1-8-9(2)15(20(18,19)17(6)7)11(4)13-10(3)12(5)16-14(8)13;1-6-7(2)9(4)12-11(8(6)3)10(5)13(15)14-12;;;;;;;/h10,16H,5H2,1-4,6-7H3;10H,1-5H3,(H,14,15);5*1H;;/q;;;;;;;+2;+3/p-5. The quantitative estimate of drug-likeness (QED) is 0.294. The molecule has 14 heteroatoms. The third-order valence-corrected chi connectivity index (χ3v) is 10.2. The number of allylic oxidation sites excluding steroid dienone is 1. The van der Waals surface area contributed by atoms with Crippen molar-refractivity contribution < 1.29 is 27.6 Å². The van der Waals surface area contributed by atoms with Crippen molar-refractivity contribution in [2.24, 2.45) is 0 Å². The number of nitrogens with zero attached hydrogens (tertiary/aromatic N) is 1. The Labute approximate surface area is 319 Å². The van der Waals surface area contributed by atoms with Crippen molar-refractivity contribution in [3.8, 4) is 0 Å². The van der Waals surface area contributed by atoms with E-state index in [1.54, 1.807) is 14.1 Å². The third kappa shape index (κ3) is 9.63. The van der Waals surface area contributed by atoms with Gasteiger partial charge in [-0.05, 0) is 105 Å². The minimum absolute atomic E-state index is 0.00185. The average molecular weight is 1230 g/mol. The van der Waals surface area contributed by atoms with Crippen molar-refractivity contribution >= 4 is 127 Å². The Bertz CT molecular complexity index is 1470. The van der Waals surface area contributed by atoms with E-state index in [1.165, 1.54) is 32.1 Å². The zero-order chi connectivity index (χ0) is 33.0. The molecule has 4 rings (SSSR count). The number of benzene rings is 2. The summed E-state index contributed by atoms with van der Waals surface area (Å²) in [4.78, 5) is 11.8. The number of anilines is 2. The van der Waals surface area contributed by atoms with Crippen molar-refractivity contribution in [2.75, 3.05) is 24.7 Å². The molecule has 0 radical (unpaired) electrons. The summed E-state index contributed by atoms with van der Waals surface area (Å²) >= 11 is 12.1. The van der Waals surface area contributed by atoms with E-state index in [0.29, 0.717) is 14.4 Å². The van der Waals surface area contributed by atoms with Gasteiger partial charge < -0.3 is 10.6 Å². The average Bonchev–Trinajstić information content (AvgIpc) is 3.35. The van der Waals surface area contributed by atoms with E-state index in [4.69, 9.17) is 0 Å². The number of nitrogens with one attached hydrogen (secondary N) is 2. The molecule has 2 aromatic carbocycles. The maximum atomic E-state index is 12.6. The predicted octanol–water partition coefficient (Wildman–Crippen LogP) is 10.3. The topological polar surface area (TPSA) is 78.5 Å². The second-order valence-electron chi connectivity index (χ2n) is 10.4. The van der Waals surface area contributed by atoms with E-state index >= 15 is 0 Å². The molecule has 2 unspecified atom stereocenters. The Balaban J connectivity index is 0.000000352. The first kappa shape index (κ1) is 42.2. The fourth-order valence-electron chi connectivity index (χ4n) is 5.27. The van der Waals surface area contributed by atoms with Gasteiger partial charge in [0.05, 0.1) is 10.8 Å². The van der Waals surface area contributed by atoms with Crippen LogP contribution in [0.25, 0.3) is 0 Å². The van der Waals surface area contributed by atoms with Gasteiger partial charge in [-0.1, -0.05) is 13.5 Å².